The first kappa shape index (κ1) is 11.1. The van der Waals surface area contributed by atoms with Gasteiger partial charge in [-0.1, -0.05) is 0 Å². The van der Waals surface area contributed by atoms with E-state index in [0.717, 1.165) is 11.4 Å². The summed E-state index contributed by atoms with van der Waals surface area (Å²) in [6.45, 7) is 6.27. The largest absolute Gasteiger partial charge is 0.376 e. The molecule has 0 aromatic carbocycles. The Hall–Kier alpha value is -1.42. The lowest BCUT2D eigenvalue weighted by Crippen LogP contribution is -2.07. The summed E-state index contributed by atoms with van der Waals surface area (Å²) in [6.07, 6.45) is 3.67. The molecular formula is C12H15N3S. The highest BCUT2D eigenvalue weighted by molar-refractivity contribution is 7.09. The van der Waals surface area contributed by atoms with Crippen molar-refractivity contribution >= 4 is 17.0 Å². The van der Waals surface area contributed by atoms with Gasteiger partial charge in [-0.15, -0.1) is 11.3 Å². The minimum Gasteiger partial charge on any atom is -0.376 e. The zero-order chi connectivity index (χ0) is 11.5. The van der Waals surface area contributed by atoms with Gasteiger partial charge >= 0.3 is 0 Å². The van der Waals surface area contributed by atoms with Gasteiger partial charge in [-0.3, -0.25) is 4.98 Å². The number of pyridine rings is 1. The summed E-state index contributed by atoms with van der Waals surface area (Å²) in [5, 5.41) is 3.46. The van der Waals surface area contributed by atoms with Crippen LogP contribution in [0.4, 0.5) is 5.69 Å². The number of hydrogen-bond acceptors (Lipinski definition) is 4. The third-order valence-electron chi connectivity index (χ3n) is 2.59. The van der Waals surface area contributed by atoms with Crippen LogP contribution in [-0.4, -0.2) is 9.97 Å². The summed E-state index contributed by atoms with van der Waals surface area (Å²) < 4.78 is 0. The first-order chi connectivity index (χ1) is 7.68. The fourth-order valence-electron chi connectivity index (χ4n) is 1.64. The van der Waals surface area contributed by atoms with E-state index in [4.69, 9.17) is 0 Å². The number of aromatic nitrogens is 2. The monoisotopic (exact) mass is 233 g/mol. The molecule has 16 heavy (non-hydrogen) atoms. The Morgan fingerprint density at radius 1 is 1.38 bits per heavy atom. The van der Waals surface area contributed by atoms with E-state index < -0.39 is 0 Å². The van der Waals surface area contributed by atoms with E-state index in [1.54, 1.807) is 11.3 Å². The topological polar surface area (TPSA) is 37.8 Å². The SMILES string of the molecule is Cc1ccncc1NC(C)c1scnc1C. The van der Waals surface area contributed by atoms with Crippen molar-refractivity contribution in [1.29, 1.82) is 0 Å². The number of aryl methyl sites for hydroxylation is 2. The van der Waals surface area contributed by atoms with E-state index in [1.165, 1.54) is 10.4 Å². The highest BCUT2D eigenvalue weighted by Crippen LogP contribution is 2.25. The van der Waals surface area contributed by atoms with Crippen molar-refractivity contribution in [2.45, 2.75) is 26.8 Å². The molecule has 2 rings (SSSR count). The van der Waals surface area contributed by atoms with Gasteiger partial charge in [0.25, 0.3) is 0 Å². The zero-order valence-corrected chi connectivity index (χ0v) is 10.5. The van der Waals surface area contributed by atoms with Crippen molar-refractivity contribution in [3.8, 4) is 0 Å². The van der Waals surface area contributed by atoms with E-state index in [9.17, 15) is 0 Å². The maximum absolute atomic E-state index is 4.26. The first-order valence-electron chi connectivity index (χ1n) is 5.25. The molecule has 84 valence electrons. The van der Waals surface area contributed by atoms with Crippen LogP contribution in [-0.2, 0) is 0 Å². The van der Waals surface area contributed by atoms with E-state index in [1.807, 2.05) is 30.9 Å². The maximum atomic E-state index is 4.26. The van der Waals surface area contributed by atoms with Crippen molar-refractivity contribution in [3.05, 3.63) is 40.1 Å². The summed E-state index contributed by atoms with van der Waals surface area (Å²) in [5.41, 5.74) is 5.29. The van der Waals surface area contributed by atoms with Crippen LogP contribution in [0.1, 0.15) is 29.1 Å². The molecule has 0 bridgehead atoms. The van der Waals surface area contributed by atoms with Crippen molar-refractivity contribution < 1.29 is 0 Å². The number of anilines is 1. The van der Waals surface area contributed by atoms with E-state index in [2.05, 4.69) is 29.1 Å². The normalized spacial score (nSPS) is 12.4. The fraction of sp³-hybridized carbons (Fsp3) is 0.333. The average Bonchev–Trinajstić information content (AvgIpc) is 2.68. The van der Waals surface area contributed by atoms with Crippen molar-refractivity contribution in [1.82, 2.24) is 9.97 Å². The summed E-state index contributed by atoms with van der Waals surface area (Å²) in [4.78, 5) is 9.67. The van der Waals surface area contributed by atoms with Gasteiger partial charge in [-0.05, 0) is 32.4 Å². The Labute approximate surface area is 99.6 Å². The first-order valence-corrected chi connectivity index (χ1v) is 6.13. The van der Waals surface area contributed by atoms with Crippen LogP contribution in [0.25, 0.3) is 0 Å². The average molecular weight is 233 g/mol. The molecule has 2 aromatic heterocycles. The molecule has 1 N–H and O–H groups in total. The third kappa shape index (κ3) is 2.22. The summed E-state index contributed by atoms with van der Waals surface area (Å²) >= 11 is 1.69. The van der Waals surface area contributed by atoms with Gasteiger partial charge in [0.2, 0.25) is 0 Å². The Kier molecular flexibility index (Phi) is 3.19. The van der Waals surface area contributed by atoms with Crippen LogP contribution in [0.2, 0.25) is 0 Å². The summed E-state index contributed by atoms with van der Waals surface area (Å²) in [5.74, 6) is 0. The van der Waals surface area contributed by atoms with Crippen LogP contribution in [0.3, 0.4) is 0 Å². The Bertz CT molecular complexity index is 479. The van der Waals surface area contributed by atoms with E-state index >= 15 is 0 Å². The van der Waals surface area contributed by atoms with Gasteiger partial charge in [-0.25, -0.2) is 4.98 Å². The van der Waals surface area contributed by atoms with Crippen molar-refractivity contribution in [2.75, 3.05) is 5.32 Å². The molecule has 2 aromatic rings. The predicted octanol–water partition coefficient (Wildman–Crippen LogP) is 3.33. The molecule has 3 nitrogen and oxygen atoms in total. The second-order valence-corrected chi connectivity index (χ2v) is 4.74. The van der Waals surface area contributed by atoms with Crippen LogP contribution in [0, 0.1) is 13.8 Å². The number of nitrogens with zero attached hydrogens (tertiary/aromatic N) is 2. The number of rotatable bonds is 3. The fourth-order valence-corrected chi connectivity index (χ4v) is 2.45. The standard InChI is InChI=1S/C12H15N3S/c1-8-4-5-13-6-11(8)15-10(3)12-9(2)14-7-16-12/h4-7,10,15H,1-3H3. The Morgan fingerprint density at radius 2 is 2.19 bits per heavy atom. The number of nitrogens with one attached hydrogen (secondary N) is 1. The predicted molar refractivity (Wildman–Crippen MR) is 67.9 cm³/mol. The molecule has 0 saturated carbocycles. The quantitative estimate of drug-likeness (QED) is 0.883. The zero-order valence-electron chi connectivity index (χ0n) is 9.69. The second-order valence-electron chi connectivity index (χ2n) is 3.86. The van der Waals surface area contributed by atoms with Gasteiger partial charge in [-0.2, -0.15) is 0 Å². The van der Waals surface area contributed by atoms with Crippen LogP contribution in [0.15, 0.2) is 24.0 Å². The molecule has 0 aliphatic heterocycles. The highest BCUT2D eigenvalue weighted by atomic mass is 32.1. The van der Waals surface area contributed by atoms with Crippen molar-refractivity contribution in [3.63, 3.8) is 0 Å². The van der Waals surface area contributed by atoms with E-state index in [-0.39, 0.29) is 6.04 Å². The van der Waals surface area contributed by atoms with Gasteiger partial charge in [0, 0.05) is 11.1 Å². The number of hydrogen-bond donors (Lipinski definition) is 1. The third-order valence-corrected chi connectivity index (χ3v) is 3.70. The summed E-state index contributed by atoms with van der Waals surface area (Å²) in [6, 6.07) is 2.28. The van der Waals surface area contributed by atoms with Crippen molar-refractivity contribution in [2.24, 2.45) is 0 Å². The summed E-state index contributed by atoms with van der Waals surface area (Å²) in [7, 11) is 0. The van der Waals surface area contributed by atoms with Crippen LogP contribution >= 0.6 is 11.3 Å². The lowest BCUT2D eigenvalue weighted by atomic mass is 10.2. The molecule has 1 atom stereocenters. The molecule has 4 heteroatoms. The van der Waals surface area contributed by atoms with Crippen LogP contribution in [0.5, 0.6) is 0 Å². The Morgan fingerprint density at radius 3 is 2.81 bits per heavy atom. The molecule has 0 amide bonds. The van der Waals surface area contributed by atoms with Gasteiger partial charge < -0.3 is 5.32 Å². The molecule has 0 aliphatic carbocycles. The van der Waals surface area contributed by atoms with Gasteiger partial charge in [0.1, 0.15) is 0 Å². The second kappa shape index (κ2) is 4.61. The Balaban J connectivity index is 2.17. The van der Waals surface area contributed by atoms with E-state index in [0.29, 0.717) is 0 Å². The molecule has 0 aliphatic rings. The molecule has 0 saturated heterocycles. The minimum atomic E-state index is 0.274. The minimum absolute atomic E-state index is 0.274. The molecule has 0 fully saturated rings. The van der Waals surface area contributed by atoms with Crippen LogP contribution < -0.4 is 5.32 Å². The highest BCUT2D eigenvalue weighted by Gasteiger charge is 2.11. The lowest BCUT2D eigenvalue weighted by molar-refractivity contribution is 0.886. The smallest absolute Gasteiger partial charge is 0.0798 e. The molecule has 0 radical (unpaired) electrons. The maximum Gasteiger partial charge on any atom is 0.0798 e. The molecule has 2 heterocycles. The number of thiazole rings is 1. The molecule has 1 unspecified atom stereocenters. The van der Waals surface area contributed by atoms with Gasteiger partial charge in [0.15, 0.2) is 0 Å². The molecule has 0 spiro atoms. The van der Waals surface area contributed by atoms with Gasteiger partial charge in [0.05, 0.1) is 29.1 Å². The lowest BCUT2D eigenvalue weighted by Gasteiger charge is -2.15. The molecular weight excluding hydrogens is 218 g/mol.